The molecule has 0 radical (unpaired) electrons. The van der Waals surface area contributed by atoms with Gasteiger partial charge in [-0.1, -0.05) is 97.1 Å². The van der Waals surface area contributed by atoms with Gasteiger partial charge in [-0.15, -0.1) is 0 Å². The van der Waals surface area contributed by atoms with E-state index in [4.69, 9.17) is 19.9 Å². The molecule has 14 rings (SSSR count). The van der Waals surface area contributed by atoms with Gasteiger partial charge in [0.2, 0.25) is 0 Å². The van der Waals surface area contributed by atoms with Crippen molar-refractivity contribution < 1.29 is 0 Å². The van der Waals surface area contributed by atoms with Crippen molar-refractivity contribution in [1.29, 1.82) is 0 Å². The summed E-state index contributed by atoms with van der Waals surface area (Å²) in [6.45, 7) is 0. The zero-order valence-corrected chi connectivity index (χ0v) is 36.0. The van der Waals surface area contributed by atoms with E-state index in [1.807, 2.05) is 49.1 Å². The largest absolute Gasteiger partial charge is 0.293 e. The Morgan fingerprint density at radius 3 is 1.18 bits per heavy atom. The van der Waals surface area contributed by atoms with Crippen LogP contribution in [0, 0.1) is 0 Å². The first kappa shape index (κ1) is 36.9. The molecule has 6 heteroatoms. The Hall–Kier alpha value is -8.48. The van der Waals surface area contributed by atoms with Gasteiger partial charge >= 0.3 is 0 Å². The normalized spacial score (nSPS) is 12.9. The van der Waals surface area contributed by atoms with Crippen molar-refractivity contribution in [1.82, 2.24) is 29.1 Å². The molecule has 0 unspecified atom stereocenters. The van der Waals surface area contributed by atoms with Crippen molar-refractivity contribution in [3.8, 4) is 67.5 Å². The van der Waals surface area contributed by atoms with E-state index in [0.29, 0.717) is 0 Å². The first-order valence-electron chi connectivity index (χ1n) is 22.9. The van der Waals surface area contributed by atoms with Crippen LogP contribution in [0.3, 0.4) is 0 Å². The molecule has 0 aliphatic heterocycles. The highest BCUT2D eigenvalue weighted by molar-refractivity contribution is 6.16. The van der Waals surface area contributed by atoms with Crippen molar-refractivity contribution in [2.24, 2.45) is 0 Å². The fourth-order valence-corrected chi connectivity index (χ4v) is 11.2. The molecule has 0 spiro atoms. The first-order chi connectivity index (χ1) is 32.7. The number of rotatable bonds is 6. The van der Waals surface area contributed by atoms with Crippen LogP contribution in [-0.2, 0) is 25.7 Å². The summed E-state index contributed by atoms with van der Waals surface area (Å²) >= 11 is 0. The molecule has 0 amide bonds. The molecule has 310 valence electrons. The number of aryl methyl sites for hydroxylation is 4. The van der Waals surface area contributed by atoms with Crippen molar-refractivity contribution in [3.63, 3.8) is 0 Å². The summed E-state index contributed by atoms with van der Waals surface area (Å²) in [5.41, 5.74) is 22.0. The third kappa shape index (κ3) is 5.61. The van der Waals surface area contributed by atoms with Gasteiger partial charge in [0.15, 0.2) is 0 Å². The topological polar surface area (TPSA) is 61.4 Å². The molecule has 0 bridgehead atoms. The number of pyridine rings is 4. The van der Waals surface area contributed by atoms with Crippen LogP contribution in [0.2, 0.25) is 0 Å². The second kappa shape index (κ2) is 14.5. The average Bonchev–Trinajstić information content (AvgIpc) is 3.91. The molecule has 6 aromatic heterocycles. The van der Waals surface area contributed by atoms with Crippen LogP contribution in [0.25, 0.3) is 111 Å². The highest BCUT2D eigenvalue weighted by Crippen LogP contribution is 2.51. The summed E-state index contributed by atoms with van der Waals surface area (Å²) in [6, 6.07) is 60.7. The van der Waals surface area contributed by atoms with E-state index in [9.17, 15) is 0 Å². The fraction of sp³-hybridized carbons (Fsp3) is 0.0667. The predicted octanol–water partition coefficient (Wildman–Crippen LogP) is 14.0. The van der Waals surface area contributed by atoms with Crippen LogP contribution < -0.4 is 0 Å². The molecule has 6 aromatic carbocycles. The maximum absolute atomic E-state index is 4.99. The lowest BCUT2D eigenvalue weighted by molar-refractivity contribution is 0.881. The molecule has 6 nitrogen and oxygen atoms in total. The van der Waals surface area contributed by atoms with Crippen molar-refractivity contribution in [2.75, 3.05) is 0 Å². The van der Waals surface area contributed by atoms with Gasteiger partial charge in [0.25, 0.3) is 0 Å². The minimum absolute atomic E-state index is 0.930. The molecule has 0 N–H and O–H groups in total. The summed E-state index contributed by atoms with van der Waals surface area (Å²) in [7, 11) is 0. The van der Waals surface area contributed by atoms with Gasteiger partial charge in [-0.05, 0) is 143 Å². The lowest BCUT2D eigenvalue weighted by atomic mass is 9.74. The van der Waals surface area contributed by atoms with Crippen molar-refractivity contribution in [2.45, 2.75) is 25.7 Å². The SMILES string of the molecule is c1ccc(-c2ccc(-c3ccc4c(c3)c3cc5c6c(c3n4-c3ccccn3)CCc3cc4c7cc(-c8ccc(-c9ccccc9)cn8)ccc7n(-c7ccccn7)c4c(c3-6)CC5)nc2)cc1. The summed E-state index contributed by atoms with van der Waals surface area (Å²) in [4.78, 5) is 19.9. The van der Waals surface area contributed by atoms with Gasteiger partial charge < -0.3 is 0 Å². The highest BCUT2D eigenvalue weighted by Gasteiger charge is 2.33. The zero-order valence-electron chi connectivity index (χ0n) is 36.0. The zero-order chi connectivity index (χ0) is 43.3. The lowest BCUT2D eigenvalue weighted by Gasteiger charge is -2.31. The predicted molar refractivity (Wildman–Crippen MR) is 268 cm³/mol. The summed E-state index contributed by atoms with van der Waals surface area (Å²) in [6.07, 6.45) is 11.6. The highest BCUT2D eigenvalue weighted by atomic mass is 15.1. The second-order valence-electron chi connectivity index (χ2n) is 17.7. The third-order valence-corrected chi connectivity index (χ3v) is 14.1. The smallest absolute Gasteiger partial charge is 0.137 e. The molecular formula is C60H40N6. The van der Waals surface area contributed by atoms with Gasteiger partial charge in [0.1, 0.15) is 11.6 Å². The molecule has 0 saturated carbocycles. The van der Waals surface area contributed by atoms with Crippen LogP contribution in [0.1, 0.15) is 22.3 Å². The standard InChI is InChI=1S/C60H40N6/c1-3-11-37(12-4-1)43-19-25-51(63-35-43)39-21-27-53-47(31-39)49-33-41-17-24-46-58-42(18-23-45(57(41)58)59(49)65(53)55-15-7-9-29-61-55)34-50-48-32-40(52-26-20-44(36-64-52)38-13-5-2-6-14-38)22-28-54(48)66(60(46)50)56-16-8-10-30-62-56/h1-16,19-22,25-36H,17-18,23-24H2. The summed E-state index contributed by atoms with van der Waals surface area (Å²) in [5.74, 6) is 1.86. The van der Waals surface area contributed by atoms with Gasteiger partial charge in [0.05, 0.1) is 33.5 Å². The van der Waals surface area contributed by atoms with Gasteiger partial charge in [-0.3, -0.25) is 19.1 Å². The van der Waals surface area contributed by atoms with Crippen LogP contribution in [0.15, 0.2) is 195 Å². The number of hydrogen-bond donors (Lipinski definition) is 0. The molecule has 12 aromatic rings. The van der Waals surface area contributed by atoms with Crippen molar-refractivity contribution in [3.05, 3.63) is 217 Å². The van der Waals surface area contributed by atoms with Crippen LogP contribution in [-0.4, -0.2) is 29.1 Å². The quantitative estimate of drug-likeness (QED) is 0.167. The van der Waals surface area contributed by atoms with Crippen LogP contribution in [0.5, 0.6) is 0 Å². The molecule has 66 heavy (non-hydrogen) atoms. The molecule has 6 heterocycles. The Morgan fingerprint density at radius 2 is 0.773 bits per heavy atom. The van der Waals surface area contributed by atoms with E-state index < -0.39 is 0 Å². The van der Waals surface area contributed by atoms with Crippen LogP contribution >= 0.6 is 0 Å². The summed E-state index contributed by atoms with van der Waals surface area (Å²) < 4.78 is 4.83. The molecule has 0 fully saturated rings. The number of hydrogen-bond acceptors (Lipinski definition) is 4. The van der Waals surface area contributed by atoms with E-state index in [2.05, 4.69) is 155 Å². The lowest BCUT2D eigenvalue weighted by Crippen LogP contribution is -2.16. The third-order valence-electron chi connectivity index (χ3n) is 14.1. The number of benzene rings is 6. The van der Waals surface area contributed by atoms with E-state index >= 15 is 0 Å². The monoisotopic (exact) mass is 844 g/mol. The maximum Gasteiger partial charge on any atom is 0.137 e. The van der Waals surface area contributed by atoms with Gasteiger partial charge in [-0.25, -0.2) is 9.97 Å². The Balaban J connectivity index is 0.971. The maximum atomic E-state index is 4.99. The van der Waals surface area contributed by atoms with Crippen LogP contribution in [0.4, 0.5) is 0 Å². The molecule has 2 aliphatic rings. The number of fused-ring (bicyclic) bond motifs is 8. The van der Waals surface area contributed by atoms with E-state index in [0.717, 1.165) is 82.0 Å². The molecule has 0 saturated heterocycles. The summed E-state index contributed by atoms with van der Waals surface area (Å²) in [5, 5.41) is 5.01. The molecular weight excluding hydrogens is 805 g/mol. The molecule has 0 atom stereocenters. The van der Waals surface area contributed by atoms with Gasteiger partial charge in [0, 0.05) is 68.6 Å². The number of nitrogens with zero attached hydrogens (tertiary/aromatic N) is 6. The van der Waals surface area contributed by atoms with E-state index in [1.165, 1.54) is 77.1 Å². The second-order valence-corrected chi connectivity index (χ2v) is 17.7. The first-order valence-corrected chi connectivity index (χ1v) is 22.9. The minimum Gasteiger partial charge on any atom is -0.293 e. The minimum atomic E-state index is 0.930. The average molecular weight is 845 g/mol. The van der Waals surface area contributed by atoms with E-state index in [-0.39, 0.29) is 0 Å². The van der Waals surface area contributed by atoms with E-state index in [1.54, 1.807) is 0 Å². The fourth-order valence-electron chi connectivity index (χ4n) is 11.2. The Kier molecular flexibility index (Phi) is 8.13. The van der Waals surface area contributed by atoms with Gasteiger partial charge in [-0.2, -0.15) is 0 Å². The Labute approximate surface area is 381 Å². The number of aromatic nitrogens is 6. The Morgan fingerprint density at radius 1 is 0.333 bits per heavy atom. The molecule has 2 aliphatic carbocycles. The Bertz CT molecular complexity index is 3620. The van der Waals surface area contributed by atoms with Crippen molar-refractivity contribution >= 4 is 43.6 Å².